The van der Waals surface area contributed by atoms with E-state index in [9.17, 15) is 31.1 Å². The van der Waals surface area contributed by atoms with E-state index >= 15 is 0 Å². The molecule has 0 radical (unpaired) electrons. The van der Waals surface area contributed by atoms with Crippen molar-refractivity contribution in [3.63, 3.8) is 0 Å². The molecule has 10 heteroatoms. The number of nitrogens with one attached hydrogen (secondary N) is 2. The summed E-state index contributed by atoms with van der Waals surface area (Å²) < 4.78 is 78.1. The molecule has 188 valence electrons. The lowest BCUT2D eigenvalue weighted by atomic mass is 9.49. The third-order valence-electron chi connectivity index (χ3n) is 7.76. The van der Waals surface area contributed by atoms with Gasteiger partial charge in [0.2, 0.25) is 0 Å². The van der Waals surface area contributed by atoms with E-state index in [2.05, 4.69) is 35.5 Å². The van der Waals surface area contributed by atoms with Gasteiger partial charge in [0.15, 0.2) is 0 Å². The summed E-state index contributed by atoms with van der Waals surface area (Å²) in [4.78, 5) is 14.7. The second-order valence-corrected chi connectivity index (χ2v) is 10.3. The van der Waals surface area contributed by atoms with E-state index < -0.39 is 35.2 Å². The summed E-state index contributed by atoms with van der Waals surface area (Å²) in [6, 6.07) is 0.0202. The average molecular weight is 490 g/mol. The molecule has 2 fully saturated rings. The van der Waals surface area contributed by atoms with Crippen molar-refractivity contribution in [2.24, 2.45) is 17.3 Å². The van der Waals surface area contributed by atoms with Crippen molar-refractivity contribution in [2.45, 2.75) is 57.9 Å². The number of piperidine rings is 1. The highest BCUT2D eigenvalue weighted by Crippen LogP contribution is 2.59. The lowest BCUT2D eigenvalue weighted by Crippen LogP contribution is -2.51. The molecule has 4 aliphatic rings. The third kappa shape index (κ3) is 5.21. The van der Waals surface area contributed by atoms with E-state index in [0.717, 1.165) is 32.0 Å². The summed E-state index contributed by atoms with van der Waals surface area (Å²) in [6.45, 7) is 7.09. The molecule has 1 aliphatic heterocycles. The molecule has 2 N–H and O–H groups in total. The molecule has 2 amide bonds. The molecule has 5 rings (SSSR count). The number of alkyl halides is 6. The molecular weight excluding hydrogens is 460 g/mol. The SMILES string of the molecule is CC1(C)[C@H]2CC=C(CN3CCC(NC(=O)Nc4cc(C(F)(F)F)cc(C(F)(F)F)c4)CC3)[C@@H]1C2. The number of amides is 2. The minimum atomic E-state index is -4.97. The smallest absolute Gasteiger partial charge is 0.335 e. The lowest BCUT2D eigenvalue weighted by molar-refractivity contribution is -0.143. The van der Waals surface area contributed by atoms with Crippen molar-refractivity contribution >= 4 is 11.7 Å². The summed E-state index contributed by atoms with van der Waals surface area (Å²) in [6.07, 6.45) is -3.87. The fourth-order valence-electron chi connectivity index (χ4n) is 5.53. The van der Waals surface area contributed by atoms with Crippen LogP contribution in [0.2, 0.25) is 0 Å². The number of allylic oxidation sites excluding steroid dienone is 1. The van der Waals surface area contributed by atoms with Crippen molar-refractivity contribution in [2.75, 3.05) is 25.0 Å². The van der Waals surface area contributed by atoms with Crippen LogP contribution < -0.4 is 10.6 Å². The maximum atomic E-state index is 13.0. The first kappa shape index (κ1) is 24.9. The molecule has 2 bridgehead atoms. The predicted molar refractivity (Wildman–Crippen MR) is 116 cm³/mol. The molecule has 3 aliphatic carbocycles. The topological polar surface area (TPSA) is 44.4 Å². The van der Waals surface area contributed by atoms with Gasteiger partial charge in [-0.25, -0.2) is 4.79 Å². The molecule has 1 aromatic rings. The number of fused-ring (bicyclic) bond motifs is 1. The first-order chi connectivity index (χ1) is 15.7. The van der Waals surface area contributed by atoms with Crippen LogP contribution in [0, 0.1) is 17.3 Å². The summed E-state index contributed by atoms with van der Waals surface area (Å²) in [7, 11) is 0. The van der Waals surface area contributed by atoms with Gasteiger partial charge in [0.1, 0.15) is 0 Å². The zero-order valence-corrected chi connectivity index (χ0v) is 19.1. The number of halogens is 6. The number of hydrogen-bond donors (Lipinski definition) is 2. The average Bonchev–Trinajstić information content (AvgIpc) is 2.73. The van der Waals surface area contributed by atoms with Gasteiger partial charge in [-0.2, -0.15) is 26.3 Å². The van der Waals surface area contributed by atoms with Gasteiger partial charge in [0, 0.05) is 31.4 Å². The van der Waals surface area contributed by atoms with Crippen LogP contribution >= 0.6 is 0 Å². The molecule has 0 spiro atoms. The highest BCUT2D eigenvalue weighted by Gasteiger charge is 2.51. The molecule has 0 aromatic heterocycles. The quantitative estimate of drug-likeness (QED) is 0.385. The monoisotopic (exact) mass is 489 g/mol. The maximum Gasteiger partial charge on any atom is 0.416 e. The molecule has 34 heavy (non-hydrogen) atoms. The van der Waals surface area contributed by atoms with E-state index in [1.165, 1.54) is 12.0 Å². The molecule has 4 nitrogen and oxygen atoms in total. The molecule has 0 unspecified atom stereocenters. The van der Waals surface area contributed by atoms with Crippen molar-refractivity contribution in [3.05, 3.63) is 41.0 Å². The second kappa shape index (κ2) is 8.77. The Labute approximate surface area is 194 Å². The second-order valence-electron chi connectivity index (χ2n) is 10.3. The molecule has 1 saturated heterocycles. The first-order valence-electron chi connectivity index (χ1n) is 11.5. The van der Waals surface area contributed by atoms with Gasteiger partial charge >= 0.3 is 18.4 Å². The Hall–Kier alpha value is -2.23. The Balaban J connectivity index is 1.30. The highest BCUT2D eigenvalue weighted by atomic mass is 19.4. The predicted octanol–water partition coefficient (Wildman–Crippen LogP) is 6.30. The fraction of sp³-hybridized carbons (Fsp3) is 0.625. The summed E-state index contributed by atoms with van der Waals surface area (Å²) >= 11 is 0. The largest absolute Gasteiger partial charge is 0.416 e. The molecule has 1 heterocycles. The molecule has 1 aromatic carbocycles. The van der Waals surface area contributed by atoms with Gasteiger partial charge in [0.25, 0.3) is 0 Å². The van der Waals surface area contributed by atoms with Crippen molar-refractivity contribution < 1.29 is 31.1 Å². The van der Waals surface area contributed by atoms with E-state index in [4.69, 9.17) is 0 Å². The Kier molecular flexibility index (Phi) is 6.42. The summed E-state index contributed by atoms with van der Waals surface area (Å²) in [5.41, 5.74) is -1.64. The van der Waals surface area contributed by atoms with Gasteiger partial charge in [-0.15, -0.1) is 0 Å². The number of carbonyl (C=O) groups is 1. The van der Waals surface area contributed by atoms with E-state index in [0.29, 0.717) is 36.3 Å². The van der Waals surface area contributed by atoms with E-state index in [1.54, 1.807) is 0 Å². The Morgan fingerprint density at radius 3 is 2.12 bits per heavy atom. The minimum absolute atomic E-state index is 0.0332. The van der Waals surface area contributed by atoms with Gasteiger partial charge < -0.3 is 10.6 Å². The Bertz CT molecular complexity index is 928. The number of likely N-dealkylation sites (tertiary alicyclic amines) is 1. The third-order valence-corrected chi connectivity index (χ3v) is 7.76. The maximum absolute atomic E-state index is 13.0. The first-order valence-corrected chi connectivity index (χ1v) is 11.5. The van der Waals surface area contributed by atoms with Crippen LogP contribution in [0.1, 0.15) is 50.7 Å². The molecule has 1 saturated carbocycles. The minimum Gasteiger partial charge on any atom is -0.335 e. The van der Waals surface area contributed by atoms with Crippen LogP contribution in [0.25, 0.3) is 0 Å². The van der Waals surface area contributed by atoms with Gasteiger partial charge in [-0.1, -0.05) is 25.5 Å². The van der Waals surface area contributed by atoms with Crippen LogP contribution in [0.15, 0.2) is 29.8 Å². The number of rotatable bonds is 4. The zero-order chi connectivity index (χ0) is 24.9. The van der Waals surface area contributed by atoms with Crippen LogP contribution in [-0.4, -0.2) is 36.6 Å². The van der Waals surface area contributed by atoms with Crippen LogP contribution in [0.3, 0.4) is 0 Å². The summed E-state index contributed by atoms with van der Waals surface area (Å²) in [5.74, 6) is 1.40. The van der Waals surface area contributed by atoms with Crippen LogP contribution in [0.5, 0.6) is 0 Å². The van der Waals surface area contributed by atoms with Crippen molar-refractivity contribution in [1.82, 2.24) is 10.2 Å². The molecular formula is C24H29F6N3O. The van der Waals surface area contributed by atoms with Gasteiger partial charge in [-0.05, 0) is 61.1 Å². The van der Waals surface area contributed by atoms with E-state index in [-0.39, 0.29) is 12.1 Å². The number of urea groups is 1. The van der Waals surface area contributed by atoms with Gasteiger partial charge in [0.05, 0.1) is 11.1 Å². The highest BCUT2D eigenvalue weighted by molar-refractivity contribution is 5.89. The number of carbonyl (C=O) groups excluding carboxylic acids is 1. The Morgan fingerprint density at radius 2 is 1.62 bits per heavy atom. The normalized spacial score (nSPS) is 25.4. The number of nitrogens with zero attached hydrogens (tertiary/aromatic N) is 1. The fourth-order valence-corrected chi connectivity index (χ4v) is 5.53. The Morgan fingerprint density at radius 1 is 1.03 bits per heavy atom. The van der Waals surface area contributed by atoms with Crippen LogP contribution in [0.4, 0.5) is 36.8 Å². The van der Waals surface area contributed by atoms with Crippen molar-refractivity contribution in [3.8, 4) is 0 Å². The number of anilines is 1. The van der Waals surface area contributed by atoms with Gasteiger partial charge in [-0.3, -0.25) is 4.90 Å². The number of benzene rings is 1. The zero-order valence-electron chi connectivity index (χ0n) is 19.1. The standard InChI is InChI=1S/C24H29F6N3O/c1-22(2)15-4-3-14(20(22)12-15)13-33-7-5-18(6-8-33)31-21(34)32-19-10-16(23(25,26)27)9-17(11-19)24(28,29)30/h3,9-11,15,18,20H,4-8,12-13H2,1-2H3,(H2,31,32,34)/t15-,20-/m0/s1. The van der Waals surface area contributed by atoms with E-state index in [1.807, 2.05) is 0 Å². The van der Waals surface area contributed by atoms with Crippen molar-refractivity contribution in [1.29, 1.82) is 0 Å². The number of hydrogen-bond acceptors (Lipinski definition) is 2. The summed E-state index contributed by atoms with van der Waals surface area (Å²) in [5, 5.41) is 4.82. The van der Waals surface area contributed by atoms with Crippen LogP contribution in [-0.2, 0) is 12.4 Å². The lowest BCUT2D eigenvalue weighted by Gasteiger charge is -2.57. The molecule has 2 atom stereocenters.